The molecule has 35 heavy (non-hydrogen) atoms. The summed E-state index contributed by atoms with van der Waals surface area (Å²) in [5, 5.41) is 0.534. The van der Waals surface area contributed by atoms with Crippen molar-refractivity contribution in [2.24, 2.45) is 7.05 Å². The van der Waals surface area contributed by atoms with Crippen LogP contribution in [0.15, 0.2) is 53.3 Å². The molecule has 2 aromatic heterocycles. The van der Waals surface area contributed by atoms with Crippen molar-refractivity contribution in [1.29, 1.82) is 0 Å². The summed E-state index contributed by atoms with van der Waals surface area (Å²) >= 11 is 5.98. The van der Waals surface area contributed by atoms with Crippen molar-refractivity contribution in [2.75, 3.05) is 31.7 Å². The van der Waals surface area contributed by atoms with E-state index in [-0.39, 0.29) is 33.3 Å². The predicted molar refractivity (Wildman–Crippen MR) is 134 cm³/mol. The van der Waals surface area contributed by atoms with Crippen molar-refractivity contribution in [1.82, 2.24) is 14.5 Å². The monoisotopic (exact) mass is 494 g/mol. The van der Waals surface area contributed by atoms with Gasteiger partial charge in [-0.1, -0.05) is 23.7 Å². The molecular weight excluding hydrogens is 471 g/mol. The number of hydrogen-bond donors (Lipinski definition) is 0. The van der Waals surface area contributed by atoms with Crippen LogP contribution in [-0.2, 0) is 11.8 Å². The lowest BCUT2D eigenvalue weighted by atomic mass is 10.1. The van der Waals surface area contributed by atoms with E-state index in [1.54, 1.807) is 39.3 Å². The highest BCUT2D eigenvalue weighted by Gasteiger charge is 2.26. The van der Waals surface area contributed by atoms with Gasteiger partial charge in [0, 0.05) is 36.8 Å². The van der Waals surface area contributed by atoms with Crippen molar-refractivity contribution in [3.8, 4) is 17.0 Å². The van der Waals surface area contributed by atoms with Gasteiger partial charge in [0.2, 0.25) is 0 Å². The molecule has 1 unspecified atom stereocenters. The van der Waals surface area contributed by atoms with E-state index in [0.717, 1.165) is 11.3 Å². The van der Waals surface area contributed by atoms with Gasteiger partial charge >= 0.3 is 0 Å². The Kier molecular flexibility index (Phi) is 6.17. The molecule has 180 valence electrons. The third-order valence-electron chi connectivity index (χ3n) is 6.34. The highest BCUT2D eigenvalue weighted by Crippen LogP contribution is 2.33. The summed E-state index contributed by atoms with van der Waals surface area (Å²) in [5.41, 5.74) is 1.64. The van der Waals surface area contributed by atoms with E-state index >= 15 is 0 Å². The Morgan fingerprint density at radius 2 is 1.91 bits per heavy atom. The molecule has 3 heterocycles. The lowest BCUT2D eigenvalue weighted by Crippen LogP contribution is -2.39. The first-order chi connectivity index (χ1) is 16.9. The van der Waals surface area contributed by atoms with Crippen LogP contribution in [0.2, 0.25) is 5.02 Å². The van der Waals surface area contributed by atoms with Crippen molar-refractivity contribution in [3.63, 3.8) is 0 Å². The number of nitrogens with zero attached hydrogens (tertiary/aromatic N) is 4. The number of hydrogen-bond acceptors (Lipinski definition) is 6. The van der Waals surface area contributed by atoms with E-state index < -0.39 is 5.82 Å². The normalized spacial score (nSPS) is 16.0. The number of methoxy groups -OCH3 is 1. The predicted octanol–water partition coefficient (Wildman–Crippen LogP) is 4.68. The molecule has 5 rings (SSSR count). The maximum absolute atomic E-state index is 15.0. The first-order valence-electron chi connectivity index (χ1n) is 11.2. The van der Waals surface area contributed by atoms with Gasteiger partial charge in [-0.05, 0) is 42.8 Å². The molecule has 1 aliphatic rings. The third-order valence-corrected chi connectivity index (χ3v) is 6.57. The highest BCUT2D eigenvalue weighted by atomic mass is 35.5. The van der Waals surface area contributed by atoms with Crippen LogP contribution in [0.4, 0.5) is 10.2 Å². The van der Waals surface area contributed by atoms with Gasteiger partial charge in [0.05, 0.1) is 30.3 Å². The van der Waals surface area contributed by atoms with Crippen LogP contribution in [-0.4, -0.2) is 41.3 Å². The van der Waals surface area contributed by atoms with Crippen LogP contribution in [0, 0.1) is 12.7 Å². The Balaban J connectivity index is 1.62. The standard InChI is InChI=1S/C26H24ClFN4O3/c1-15-29-21-13-23(32-10-11-35-22(14-32)16-4-7-18(34-3)8-5-16)30-25(24(21)26(33)31(15)2)19-9-6-17(27)12-20(19)28/h4-9,12-13,22H,10-11,14H2,1-3H3. The Bertz CT molecular complexity index is 1470. The zero-order valence-corrected chi connectivity index (χ0v) is 20.3. The summed E-state index contributed by atoms with van der Waals surface area (Å²) < 4.78 is 27.7. The maximum atomic E-state index is 15.0. The average Bonchev–Trinajstić information content (AvgIpc) is 2.87. The van der Waals surface area contributed by atoms with Gasteiger partial charge in [0.1, 0.15) is 29.3 Å². The number of aromatic nitrogens is 3. The molecule has 0 aliphatic carbocycles. The molecule has 0 amide bonds. The van der Waals surface area contributed by atoms with E-state index in [0.29, 0.717) is 36.9 Å². The van der Waals surface area contributed by atoms with E-state index in [1.165, 1.54) is 10.6 Å². The molecular formula is C26H24ClFN4O3. The number of aryl methyl sites for hydroxylation is 1. The Hall–Kier alpha value is -3.49. The minimum atomic E-state index is -0.552. The van der Waals surface area contributed by atoms with Crippen LogP contribution >= 0.6 is 11.6 Å². The number of anilines is 1. The fourth-order valence-corrected chi connectivity index (χ4v) is 4.46. The average molecular weight is 495 g/mol. The van der Waals surface area contributed by atoms with Gasteiger partial charge in [0.25, 0.3) is 5.56 Å². The Morgan fingerprint density at radius 3 is 2.63 bits per heavy atom. The quantitative estimate of drug-likeness (QED) is 0.410. The molecule has 1 fully saturated rings. The molecule has 1 aliphatic heterocycles. The third kappa shape index (κ3) is 4.35. The number of pyridine rings is 1. The summed E-state index contributed by atoms with van der Waals surface area (Å²) in [4.78, 5) is 24.7. The molecule has 1 saturated heterocycles. The van der Waals surface area contributed by atoms with Gasteiger partial charge < -0.3 is 14.4 Å². The van der Waals surface area contributed by atoms with E-state index in [9.17, 15) is 9.18 Å². The van der Waals surface area contributed by atoms with Crippen molar-refractivity contribution >= 4 is 28.3 Å². The lowest BCUT2D eigenvalue weighted by Gasteiger charge is -2.34. The van der Waals surface area contributed by atoms with Crippen LogP contribution in [0.5, 0.6) is 5.75 Å². The summed E-state index contributed by atoms with van der Waals surface area (Å²) in [7, 11) is 3.27. The molecule has 0 N–H and O–H groups in total. The van der Waals surface area contributed by atoms with Gasteiger partial charge in [-0.25, -0.2) is 14.4 Å². The second-order valence-electron chi connectivity index (χ2n) is 8.45. The van der Waals surface area contributed by atoms with Crippen LogP contribution in [0.1, 0.15) is 17.5 Å². The molecule has 0 radical (unpaired) electrons. The summed E-state index contributed by atoms with van der Waals surface area (Å²) in [6.07, 6.45) is -0.179. The highest BCUT2D eigenvalue weighted by molar-refractivity contribution is 6.30. The van der Waals surface area contributed by atoms with Crippen LogP contribution in [0.25, 0.3) is 22.2 Å². The van der Waals surface area contributed by atoms with E-state index in [4.69, 9.17) is 26.1 Å². The zero-order valence-electron chi connectivity index (χ0n) is 19.6. The lowest BCUT2D eigenvalue weighted by molar-refractivity contribution is 0.0395. The molecule has 0 spiro atoms. The summed E-state index contributed by atoms with van der Waals surface area (Å²) in [6, 6.07) is 13.9. The minimum Gasteiger partial charge on any atom is -0.497 e. The number of morpholine rings is 1. The number of ether oxygens (including phenoxy) is 2. The number of benzene rings is 2. The second-order valence-corrected chi connectivity index (χ2v) is 8.89. The first-order valence-corrected chi connectivity index (χ1v) is 11.6. The van der Waals surface area contributed by atoms with Crippen molar-refractivity contribution < 1.29 is 13.9 Å². The van der Waals surface area contributed by atoms with Gasteiger partial charge in [-0.2, -0.15) is 0 Å². The second kappa shape index (κ2) is 9.28. The van der Waals surface area contributed by atoms with Gasteiger partial charge in [-0.15, -0.1) is 0 Å². The Morgan fingerprint density at radius 1 is 1.14 bits per heavy atom. The molecule has 9 heteroatoms. The molecule has 1 atom stereocenters. The number of fused-ring (bicyclic) bond motifs is 1. The van der Waals surface area contributed by atoms with E-state index in [2.05, 4.69) is 9.88 Å². The Labute approximate surface area is 206 Å². The van der Waals surface area contributed by atoms with Gasteiger partial charge in [-0.3, -0.25) is 9.36 Å². The fraction of sp³-hybridized carbons (Fsp3) is 0.269. The van der Waals surface area contributed by atoms with Crippen LogP contribution in [0.3, 0.4) is 0 Å². The molecule has 7 nitrogen and oxygen atoms in total. The minimum absolute atomic E-state index is 0.179. The summed E-state index contributed by atoms with van der Waals surface area (Å²) in [5.74, 6) is 1.38. The molecule has 0 saturated carbocycles. The van der Waals surface area contributed by atoms with Crippen LogP contribution < -0.4 is 15.2 Å². The maximum Gasteiger partial charge on any atom is 0.263 e. The number of halogens is 2. The molecule has 0 bridgehead atoms. The fourth-order valence-electron chi connectivity index (χ4n) is 4.30. The van der Waals surface area contributed by atoms with E-state index in [1.807, 2.05) is 24.3 Å². The molecule has 2 aromatic carbocycles. The van der Waals surface area contributed by atoms with Gasteiger partial charge in [0.15, 0.2) is 0 Å². The number of rotatable bonds is 4. The van der Waals surface area contributed by atoms with Crippen molar-refractivity contribution in [2.45, 2.75) is 13.0 Å². The topological polar surface area (TPSA) is 69.5 Å². The van der Waals surface area contributed by atoms with Crippen molar-refractivity contribution in [3.05, 3.63) is 81.1 Å². The zero-order chi connectivity index (χ0) is 24.7. The summed E-state index contributed by atoms with van der Waals surface area (Å²) in [6.45, 7) is 3.39. The molecule has 4 aromatic rings. The largest absolute Gasteiger partial charge is 0.497 e. The smallest absolute Gasteiger partial charge is 0.263 e. The SMILES string of the molecule is COc1ccc(C2CN(c3cc4nc(C)n(C)c(=O)c4c(-c4ccc(Cl)cc4F)n3)CCO2)cc1. The first kappa shape index (κ1) is 23.3.